The van der Waals surface area contributed by atoms with Crippen LogP contribution in [-0.2, 0) is 23.8 Å². The Morgan fingerprint density at radius 2 is 2.00 bits per heavy atom. The van der Waals surface area contributed by atoms with Gasteiger partial charge in [-0.1, -0.05) is 29.5 Å². The summed E-state index contributed by atoms with van der Waals surface area (Å²) in [5, 5.41) is 3.79. The number of rotatable bonds is 11. The Bertz CT molecular complexity index is 1700. The van der Waals surface area contributed by atoms with E-state index in [1.807, 2.05) is 50.4 Å². The van der Waals surface area contributed by atoms with Gasteiger partial charge in [-0.3, -0.25) is 4.18 Å². The van der Waals surface area contributed by atoms with E-state index in [0.29, 0.717) is 12.4 Å². The fraction of sp³-hybridized carbons (Fsp3) is 0.312. The Balaban J connectivity index is 1.22. The number of benzene rings is 2. The number of aromatic nitrogens is 2. The van der Waals surface area contributed by atoms with Crippen molar-refractivity contribution in [3.05, 3.63) is 83.0 Å². The Morgan fingerprint density at radius 3 is 2.74 bits per heavy atom. The van der Waals surface area contributed by atoms with Gasteiger partial charge in [0.2, 0.25) is 0 Å². The number of allylic oxidation sites excluding steroid dienone is 1. The lowest BCUT2D eigenvalue weighted by Crippen LogP contribution is -2.35. The zero-order valence-corrected chi connectivity index (χ0v) is 25.6. The van der Waals surface area contributed by atoms with Crippen LogP contribution in [0.2, 0.25) is 0 Å². The van der Waals surface area contributed by atoms with Gasteiger partial charge in [0, 0.05) is 25.4 Å². The van der Waals surface area contributed by atoms with E-state index >= 15 is 0 Å². The number of thiazole rings is 1. The maximum Gasteiger partial charge on any atom is 0.297 e. The summed E-state index contributed by atoms with van der Waals surface area (Å²) < 4.78 is 49.7. The van der Waals surface area contributed by atoms with Crippen LogP contribution >= 0.6 is 11.3 Å². The van der Waals surface area contributed by atoms with Crippen LogP contribution in [0.1, 0.15) is 35.4 Å². The minimum absolute atomic E-state index is 0.0834. The maximum atomic E-state index is 12.8. The first-order valence-corrected chi connectivity index (χ1v) is 16.2. The highest BCUT2D eigenvalue weighted by atomic mass is 32.2. The molecule has 0 bridgehead atoms. The van der Waals surface area contributed by atoms with Crippen molar-refractivity contribution in [2.75, 3.05) is 32.2 Å². The van der Waals surface area contributed by atoms with Gasteiger partial charge in [0.1, 0.15) is 29.3 Å². The molecule has 0 amide bonds. The molecule has 1 saturated heterocycles. The van der Waals surface area contributed by atoms with E-state index < -0.39 is 22.5 Å². The normalized spacial score (nSPS) is 16.1. The number of pyridine rings is 1. The molecule has 1 N–H and O–H groups in total. The molecule has 2 aromatic carbocycles. The summed E-state index contributed by atoms with van der Waals surface area (Å²) in [6, 6.07) is 15.9. The number of nitrogens with zero attached hydrogens (tertiary/aromatic N) is 2. The van der Waals surface area contributed by atoms with E-state index in [4.69, 9.17) is 18.4 Å². The van der Waals surface area contributed by atoms with Gasteiger partial charge in [0.25, 0.3) is 10.1 Å². The Labute approximate surface area is 256 Å². The third-order valence-electron chi connectivity index (χ3n) is 6.56. The molecule has 0 spiro atoms. The molecule has 1 aliphatic heterocycles. The summed E-state index contributed by atoms with van der Waals surface area (Å²) in [6.45, 7) is 2.38. The van der Waals surface area contributed by atoms with Crippen LogP contribution in [0.25, 0.3) is 16.3 Å². The minimum Gasteiger partial charge on any atom is -0.491 e. The van der Waals surface area contributed by atoms with Crippen LogP contribution < -0.4 is 10.1 Å². The number of hydrogen-bond donors (Lipinski definition) is 1. The first-order valence-electron chi connectivity index (χ1n) is 14.0. The number of ether oxygens (including phenoxy) is 3. The standard InChI is InChI=1S/C32H33N3O6S2/c1-23-10-14-27(15-11-23)43(36,37)40-22-26(41-32-9-5-6-18-38-32)21-39-25-13-16-28-29(19-25)42-31(35-28)8-4-3-7-24-12-17-30(33-2)34-20-24/h4,8,10-17,19-20,26,32H,5-6,9,18,21-22H2,1-2H3,(H,33,34)/b8-4+. The lowest BCUT2D eigenvalue weighted by molar-refractivity contribution is -0.198. The summed E-state index contributed by atoms with van der Waals surface area (Å²) in [6.07, 6.45) is 6.94. The molecule has 0 saturated carbocycles. The predicted octanol–water partition coefficient (Wildman–Crippen LogP) is 5.80. The topological polar surface area (TPSA) is 109 Å². The van der Waals surface area contributed by atoms with E-state index in [9.17, 15) is 8.42 Å². The predicted molar refractivity (Wildman–Crippen MR) is 168 cm³/mol. The van der Waals surface area contributed by atoms with Gasteiger partial charge < -0.3 is 19.5 Å². The van der Waals surface area contributed by atoms with Crippen LogP contribution in [0.4, 0.5) is 5.82 Å². The lowest BCUT2D eigenvalue weighted by Gasteiger charge is -2.27. The molecule has 43 heavy (non-hydrogen) atoms. The Kier molecular flexibility index (Phi) is 10.4. The zero-order chi connectivity index (χ0) is 30.1. The molecule has 1 aliphatic rings. The third kappa shape index (κ3) is 8.86. The summed E-state index contributed by atoms with van der Waals surface area (Å²) in [7, 11) is -2.14. The van der Waals surface area contributed by atoms with Crippen molar-refractivity contribution in [1.82, 2.24) is 9.97 Å². The van der Waals surface area contributed by atoms with Gasteiger partial charge in [-0.15, -0.1) is 11.3 Å². The van der Waals surface area contributed by atoms with Crippen molar-refractivity contribution < 1.29 is 26.8 Å². The molecule has 1 fully saturated rings. The fourth-order valence-corrected chi connectivity index (χ4v) is 6.06. The van der Waals surface area contributed by atoms with E-state index in [2.05, 4.69) is 27.1 Å². The summed E-state index contributed by atoms with van der Waals surface area (Å²) in [4.78, 5) is 8.99. The molecule has 0 aliphatic carbocycles. The summed E-state index contributed by atoms with van der Waals surface area (Å²) >= 11 is 1.52. The average molecular weight is 620 g/mol. The fourth-order valence-electron chi connectivity index (χ4n) is 4.22. The second-order valence-electron chi connectivity index (χ2n) is 9.88. The quantitative estimate of drug-likeness (QED) is 0.165. The van der Waals surface area contributed by atoms with Crippen molar-refractivity contribution in [2.45, 2.75) is 43.5 Å². The molecule has 5 rings (SSSR count). The number of nitrogens with one attached hydrogen (secondary N) is 1. The van der Waals surface area contributed by atoms with E-state index in [1.54, 1.807) is 24.4 Å². The van der Waals surface area contributed by atoms with Gasteiger partial charge >= 0.3 is 0 Å². The maximum absolute atomic E-state index is 12.8. The molecule has 2 aromatic heterocycles. The van der Waals surface area contributed by atoms with Crippen LogP contribution in [0.5, 0.6) is 5.75 Å². The van der Waals surface area contributed by atoms with Gasteiger partial charge in [0.15, 0.2) is 6.29 Å². The smallest absolute Gasteiger partial charge is 0.297 e. The van der Waals surface area contributed by atoms with E-state index in [1.165, 1.54) is 23.5 Å². The molecule has 9 nitrogen and oxygen atoms in total. The first kappa shape index (κ1) is 30.7. The van der Waals surface area contributed by atoms with E-state index in [0.717, 1.165) is 51.4 Å². The van der Waals surface area contributed by atoms with E-state index in [-0.39, 0.29) is 18.1 Å². The molecular formula is C32H33N3O6S2. The number of anilines is 1. The molecule has 3 heterocycles. The van der Waals surface area contributed by atoms with Gasteiger partial charge in [-0.2, -0.15) is 8.42 Å². The molecule has 4 aromatic rings. The number of fused-ring (bicyclic) bond motifs is 1. The van der Waals surface area contributed by atoms with Crippen LogP contribution in [0, 0.1) is 18.8 Å². The Hall–Kier alpha value is -3.79. The SMILES string of the molecule is CNc1ccc(C#C/C=C/c2nc3ccc(OCC(COS(=O)(=O)c4ccc(C)cc4)OC4CCCCO4)cc3s2)cn1. The second-order valence-corrected chi connectivity index (χ2v) is 12.6. The number of hydrogen-bond acceptors (Lipinski definition) is 10. The largest absolute Gasteiger partial charge is 0.491 e. The van der Waals surface area contributed by atoms with Crippen LogP contribution in [-0.4, -0.2) is 57.6 Å². The minimum atomic E-state index is -3.96. The highest BCUT2D eigenvalue weighted by Crippen LogP contribution is 2.27. The van der Waals surface area contributed by atoms with Crippen molar-refractivity contribution >= 4 is 43.6 Å². The second kappa shape index (κ2) is 14.6. The zero-order valence-electron chi connectivity index (χ0n) is 24.0. The van der Waals surface area contributed by atoms with Crippen molar-refractivity contribution in [2.24, 2.45) is 0 Å². The van der Waals surface area contributed by atoms with Gasteiger partial charge in [0.05, 0.1) is 21.7 Å². The van der Waals surface area contributed by atoms with Crippen molar-refractivity contribution in [3.8, 4) is 17.6 Å². The molecule has 2 unspecified atom stereocenters. The highest BCUT2D eigenvalue weighted by Gasteiger charge is 2.24. The van der Waals surface area contributed by atoms with Crippen LogP contribution in [0.15, 0.2) is 71.8 Å². The van der Waals surface area contributed by atoms with Gasteiger partial charge in [-0.05, 0) is 80.8 Å². The molecule has 11 heteroatoms. The summed E-state index contributed by atoms with van der Waals surface area (Å²) in [5.41, 5.74) is 2.63. The monoisotopic (exact) mass is 619 g/mol. The number of aryl methyl sites for hydroxylation is 1. The molecule has 2 atom stereocenters. The molecular weight excluding hydrogens is 587 g/mol. The lowest BCUT2D eigenvalue weighted by atomic mass is 10.2. The molecule has 224 valence electrons. The molecule has 0 radical (unpaired) electrons. The summed E-state index contributed by atoms with van der Waals surface area (Å²) in [5.74, 6) is 7.48. The average Bonchev–Trinajstić information content (AvgIpc) is 3.44. The highest BCUT2D eigenvalue weighted by molar-refractivity contribution is 7.86. The van der Waals surface area contributed by atoms with Gasteiger partial charge in [-0.25, -0.2) is 9.97 Å². The third-order valence-corrected chi connectivity index (χ3v) is 8.84. The van der Waals surface area contributed by atoms with Crippen LogP contribution in [0.3, 0.4) is 0 Å². The van der Waals surface area contributed by atoms with Crippen molar-refractivity contribution in [3.63, 3.8) is 0 Å². The Morgan fingerprint density at radius 1 is 1.14 bits per heavy atom. The first-order chi connectivity index (χ1) is 20.9. The van der Waals surface area contributed by atoms with Crippen molar-refractivity contribution in [1.29, 1.82) is 0 Å².